The molecule has 7 aromatic heterocycles. The molecule has 9 heterocycles. The van der Waals surface area contributed by atoms with E-state index in [1.807, 2.05) is 0 Å². The van der Waals surface area contributed by atoms with Crippen molar-refractivity contribution in [2.24, 2.45) is 23.5 Å². The molecule has 0 unspecified atom stereocenters. The third kappa shape index (κ3) is 13.7. The van der Waals surface area contributed by atoms with Gasteiger partial charge >= 0.3 is 11.9 Å². The van der Waals surface area contributed by atoms with Gasteiger partial charge in [0.1, 0.15) is 93.8 Å². The van der Waals surface area contributed by atoms with Crippen LogP contribution < -0.4 is 27.0 Å². The predicted octanol–water partition coefficient (Wildman–Crippen LogP) is 6.97. The number of primary amides is 1. The molecule has 478 valence electrons. The number of aryl methyl sites for hydroxylation is 1. The molecular formula is C61H55N13O13S6. The van der Waals surface area contributed by atoms with Gasteiger partial charge in [0.05, 0.1) is 42.1 Å². The van der Waals surface area contributed by atoms with Crippen molar-refractivity contribution in [1.82, 2.24) is 61.1 Å². The first-order valence-electron chi connectivity index (χ1n) is 28.9. The second kappa shape index (κ2) is 26.8. The van der Waals surface area contributed by atoms with E-state index in [0.717, 1.165) is 45.3 Å². The van der Waals surface area contributed by atoms with Crippen LogP contribution in [0.5, 0.6) is 5.75 Å². The third-order valence-electron chi connectivity index (χ3n) is 16.2. The number of carboxylic acid groups (broad SMARTS) is 2. The lowest BCUT2D eigenvalue weighted by molar-refractivity contribution is -0.148. The highest BCUT2D eigenvalue weighted by Crippen LogP contribution is 2.43. The van der Waals surface area contributed by atoms with Crippen molar-refractivity contribution in [3.8, 4) is 49.1 Å². The zero-order chi connectivity index (χ0) is 65.5. The van der Waals surface area contributed by atoms with Crippen molar-refractivity contribution < 1.29 is 63.9 Å². The Hall–Kier alpha value is -9.15. The number of nitrogens with one attached hydrogen (secondary N) is 4. The summed E-state index contributed by atoms with van der Waals surface area (Å²) >= 11 is 6.65. The minimum Gasteiger partial charge on any atom is -0.508 e. The van der Waals surface area contributed by atoms with Crippen LogP contribution in [0.15, 0.2) is 93.6 Å². The van der Waals surface area contributed by atoms with Gasteiger partial charge in [-0.25, -0.2) is 34.9 Å². The maximum Gasteiger partial charge on any atom is 0.306 e. The molecule has 32 heteroatoms. The molecule has 12 rings (SSSR count). The van der Waals surface area contributed by atoms with Gasteiger partial charge in [0.2, 0.25) is 11.8 Å². The average Bonchev–Trinajstić information content (AvgIpc) is 1.66. The minimum absolute atomic E-state index is 0.0164. The van der Waals surface area contributed by atoms with Crippen LogP contribution in [0.2, 0.25) is 0 Å². The summed E-state index contributed by atoms with van der Waals surface area (Å²) in [4.78, 5) is 144. The molecule has 1 saturated carbocycles. The monoisotopic (exact) mass is 1370 g/mol. The predicted molar refractivity (Wildman–Crippen MR) is 343 cm³/mol. The Morgan fingerprint density at radius 1 is 0.656 bits per heavy atom. The molecule has 2 aliphatic heterocycles. The number of fused-ring (bicyclic) bond motifs is 16. The molecule has 10 atom stereocenters. The number of thiazole rings is 6. The average molecular weight is 1370 g/mol. The summed E-state index contributed by atoms with van der Waals surface area (Å²) in [5.74, 6) is -9.08. The van der Waals surface area contributed by atoms with Gasteiger partial charge in [-0.1, -0.05) is 49.4 Å². The van der Waals surface area contributed by atoms with Gasteiger partial charge in [-0.2, -0.15) is 0 Å². The van der Waals surface area contributed by atoms with E-state index >= 15 is 4.79 Å². The van der Waals surface area contributed by atoms with E-state index < -0.39 is 114 Å². The van der Waals surface area contributed by atoms with Crippen molar-refractivity contribution in [1.29, 1.82) is 0 Å². The second-order valence-corrected chi connectivity index (χ2v) is 28.1. The molecule has 2 fully saturated rings. The SMILES string of the molecule is Cc1sc2nc1C(=O)N[C@@H]([C@H](O)c1ccccc1)c1nc(cs1)C(=O)N[C@@H](Cc1ccc(O)cc1)C(=O)N1C[C@H](O)[C@H](C)[C@H]1c1nc(cs1)-c1nc(cs1)-c1nc(-c3nc(C(=O)N[C@H]4C[C@@H](C(=O)O)C[C@@H](C(=O)O)C4)cs3)ccc1-c1nc(cs1)C(=O)N[C@H]2CC(N)=O. The molecule has 6 amide bonds. The van der Waals surface area contributed by atoms with E-state index in [-0.39, 0.29) is 76.5 Å². The van der Waals surface area contributed by atoms with Gasteiger partial charge in [-0.15, -0.1) is 68.0 Å². The highest BCUT2D eigenvalue weighted by atomic mass is 32.1. The lowest BCUT2D eigenvalue weighted by Gasteiger charge is -2.31. The molecule has 10 bridgehead atoms. The molecule has 1 saturated heterocycles. The van der Waals surface area contributed by atoms with Gasteiger partial charge in [-0.3, -0.25) is 38.4 Å². The van der Waals surface area contributed by atoms with E-state index in [1.165, 1.54) is 55.8 Å². The number of carboxylic acids is 2. The van der Waals surface area contributed by atoms with Crippen LogP contribution in [0.25, 0.3) is 43.4 Å². The highest BCUT2D eigenvalue weighted by molar-refractivity contribution is 7.15. The van der Waals surface area contributed by atoms with Crippen LogP contribution in [0, 0.1) is 24.7 Å². The van der Waals surface area contributed by atoms with Gasteiger partial charge in [0, 0.05) is 62.3 Å². The molecule has 26 nitrogen and oxygen atoms in total. The number of hydrogen-bond donors (Lipinski definition) is 10. The van der Waals surface area contributed by atoms with Gasteiger partial charge in [0.15, 0.2) is 0 Å². The Balaban J connectivity index is 0.930. The number of pyridine rings is 1. The van der Waals surface area contributed by atoms with Crippen LogP contribution in [0.3, 0.4) is 0 Å². The van der Waals surface area contributed by atoms with Crippen molar-refractivity contribution in [2.75, 3.05) is 6.54 Å². The Bertz CT molecular complexity index is 4350. The molecule has 9 aromatic rings. The number of carbonyl (C=O) groups excluding carboxylic acids is 6. The quantitative estimate of drug-likeness (QED) is 0.0624. The van der Waals surface area contributed by atoms with Crippen LogP contribution in [-0.2, 0) is 25.6 Å². The smallest absolute Gasteiger partial charge is 0.306 e. The zero-order valence-electron chi connectivity index (χ0n) is 48.9. The van der Waals surface area contributed by atoms with E-state index in [2.05, 4.69) is 36.2 Å². The number of aromatic nitrogens is 7. The molecule has 1 aliphatic carbocycles. The fourth-order valence-corrected chi connectivity index (χ4v) is 16.7. The van der Waals surface area contributed by atoms with Crippen LogP contribution in [0.4, 0.5) is 0 Å². The fraction of sp³-hybridized carbons (Fsp3) is 0.295. The van der Waals surface area contributed by atoms with E-state index in [1.54, 1.807) is 79.2 Å². The number of nitrogens with two attached hydrogens (primary N) is 1. The number of benzene rings is 2. The Morgan fingerprint density at radius 3 is 2.00 bits per heavy atom. The first kappa shape index (κ1) is 64.0. The number of phenolic OH excluding ortho intramolecular Hbond substituents is 1. The molecule has 2 aromatic carbocycles. The standard InChI is InChI=1S/C61H55N13O13S6/c1-25-42(76)19-74-47(25)58-71-41(24-92-58)55-67-37(20-89-55)45-33(12-13-34(64-45)54-69-38(22-90-54)49(79)63-31-16-29(60(84)85)15-30(17-31)61(86)87)53-68-39(21-88-53)50(80)65-35(18-43(62)77)56-73-44(26(2)93-56)52(82)72-46(48(78)28-6-4-3-5-7-28)57-70-40(23-91-57)51(81)66-36(59(74)83)14-27-8-10-32(75)11-9-27/h3-13,20-25,29-31,35-36,42,46-48,75-76,78H,14-19H2,1-2H3,(H2,62,77)(H,63,79)(H,65,80)(H,66,81)(H,72,82)(H,84,85)(H,86,87)/t25-,29-,30+,31-,35-,36-,42-,46-,47-,48+/m0/s1. The summed E-state index contributed by atoms with van der Waals surface area (Å²) in [6, 6.07) is 12.7. The van der Waals surface area contributed by atoms with Gasteiger partial charge < -0.3 is 57.4 Å². The summed E-state index contributed by atoms with van der Waals surface area (Å²) in [7, 11) is 0. The number of carbonyl (C=O) groups is 8. The second-order valence-electron chi connectivity index (χ2n) is 22.5. The lowest BCUT2D eigenvalue weighted by Crippen LogP contribution is -2.50. The van der Waals surface area contributed by atoms with Crippen LogP contribution in [-0.4, -0.2) is 137 Å². The third-order valence-corrected chi connectivity index (χ3v) is 21.7. The van der Waals surface area contributed by atoms with E-state index in [0.29, 0.717) is 58.7 Å². The number of amides is 6. The first-order chi connectivity index (χ1) is 44.6. The summed E-state index contributed by atoms with van der Waals surface area (Å²) in [5, 5.41) is 74.2. The van der Waals surface area contributed by atoms with Crippen molar-refractivity contribution in [3.63, 3.8) is 0 Å². The summed E-state index contributed by atoms with van der Waals surface area (Å²) in [5.41, 5.74) is 8.13. The molecular weight excluding hydrogens is 1320 g/mol. The van der Waals surface area contributed by atoms with E-state index in [4.69, 9.17) is 25.7 Å². The number of aliphatic hydroxyl groups excluding tert-OH is 2. The zero-order valence-corrected chi connectivity index (χ0v) is 53.8. The Kier molecular flexibility index (Phi) is 18.5. The number of aliphatic hydroxyl groups is 2. The topological polar surface area (TPSA) is 405 Å². The number of hydrogen-bond acceptors (Lipinski definition) is 24. The normalized spacial score (nSPS) is 22.2. The largest absolute Gasteiger partial charge is 0.508 e. The van der Waals surface area contributed by atoms with Crippen LogP contribution in [0.1, 0.15) is 130 Å². The number of rotatable bonds is 11. The summed E-state index contributed by atoms with van der Waals surface area (Å²) in [6.07, 6.45) is -2.92. The van der Waals surface area contributed by atoms with Crippen molar-refractivity contribution >= 4 is 115 Å². The molecule has 0 radical (unpaired) electrons. The molecule has 3 aliphatic rings. The molecule has 0 spiro atoms. The van der Waals surface area contributed by atoms with Crippen molar-refractivity contribution in [3.05, 3.63) is 147 Å². The highest BCUT2D eigenvalue weighted by Gasteiger charge is 2.46. The van der Waals surface area contributed by atoms with Gasteiger partial charge in [0.25, 0.3) is 23.6 Å². The summed E-state index contributed by atoms with van der Waals surface area (Å²) in [6.45, 7) is 3.29. The maximum absolute atomic E-state index is 15.2. The molecule has 11 N–H and O–H groups in total. The van der Waals surface area contributed by atoms with Crippen LogP contribution >= 0.6 is 68.0 Å². The number of aliphatic carboxylic acids is 2. The van der Waals surface area contributed by atoms with E-state index in [9.17, 15) is 59.1 Å². The number of nitrogens with zero attached hydrogens (tertiary/aromatic N) is 8. The summed E-state index contributed by atoms with van der Waals surface area (Å²) < 4.78 is 0. The molecule has 93 heavy (non-hydrogen) atoms. The number of aromatic hydroxyl groups is 1. The fourth-order valence-electron chi connectivity index (χ4n) is 11.4. The minimum atomic E-state index is -1.43. The number of phenols is 1. The maximum atomic E-state index is 15.2. The van der Waals surface area contributed by atoms with Gasteiger partial charge in [-0.05, 0) is 61.6 Å². The Labute approximate surface area is 551 Å². The van der Waals surface area contributed by atoms with Crippen molar-refractivity contribution in [2.45, 2.75) is 88.4 Å². The first-order valence-corrected chi connectivity index (χ1v) is 34.1. The lowest BCUT2D eigenvalue weighted by atomic mass is 9.78. The Morgan fingerprint density at radius 2 is 1.28 bits per heavy atom.